The number of ether oxygens (including phenoxy) is 2. The second-order valence-corrected chi connectivity index (χ2v) is 11.8. The van der Waals surface area contributed by atoms with E-state index in [1.165, 1.54) is 13.3 Å². The molecule has 0 bridgehead atoms. The molecule has 1 aliphatic rings. The second-order valence-electron chi connectivity index (χ2n) is 6.42. The van der Waals surface area contributed by atoms with Crippen LogP contribution in [0.2, 0.25) is 0 Å². The Bertz CT molecular complexity index is 898. The standard InChI is InChI=1S/C13H23N3O9P2S/c1-7(2)26(19,28)25-10-8(6-14-27(20,21)22)24-12(11(10)23-3)16-5-4-9(17)15-13(16)18/h4-5,7-8,10-12H,6H2,1-3H3,(H,19,28)(H,15,17,18)(H3,14,20,21,22)/t8-,10?,11?,12-,26?/m1/s1. The number of aromatic nitrogens is 2. The Hall–Kier alpha value is -0.720. The van der Waals surface area contributed by atoms with E-state index in [9.17, 15) is 19.0 Å². The van der Waals surface area contributed by atoms with Crippen LogP contribution in [0.4, 0.5) is 0 Å². The van der Waals surface area contributed by atoms with E-state index in [2.05, 4.69) is 4.98 Å². The summed E-state index contributed by atoms with van der Waals surface area (Å²) in [6, 6.07) is 1.11. The van der Waals surface area contributed by atoms with Crippen LogP contribution in [0.3, 0.4) is 0 Å². The summed E-state index contributed by atoms with van der Waals surface area (Å²) in [6.07, 6.45) is -2.91. The van der Waals surface area contributed by atoms with Gasteiger partial charge in [0.15, 0.2) is 12.7 Å². The summed E-state index contributed by atoms with van der Waals surface area (Å²) in [5.41, 5.74) is -1.77. The van der Waals surface area contributed by atoms with Gasteiger partial charge in [-0.1, -0.05) is 13.8 Å². The zero-order valence-corrected chi connectivity index (χ0v) is 17.9. The predicted octanol–water partition coefficient (Wildman–Crippen LogP) is -0.773. The molecule has 1 aromatic heterocycles. The van der Waals surface area contributed by atoms with Crippen LogP contribution in [0.1, 0.15) is 20.1 Å². The molecule has 3 unspecified atom stereocenters. The van der Waals surface area contributed by atoms with Crippen molar-refractivity contribution in [3.63, 3.8) is 0 Å². The maximum atomic E-state index is 12.1. The van der Waals surface area contributed by atoms with Crippen LogP contribution < -0.4 is 16.3 Å². The number of methoxy groups -OCH3 is 1. The van der Waals surface area contributed by atoms with Crippen molar-refractivity contribution >= 4 is 26.0 Å². The highest BCUT2D eigenvalue weighted by Crippen LogP contribution is 2.52. The molecule has 5 atom stereocenters. The molecule has 160 valence electrons. The normalized spacial score (nSPS) is 27.8. The Morgan fingerprint density at radius 3 is 2.50 bits per heavy atom. The molecular weight excluding hydrogens is 436 g/mol. The maximum absolute atomic E-state index is 12.1. The average molecular weight is 459 g/mol. The topological polar surface area (TPSA) is 172 Å². The van der Waals surface area contributed by atoms with Gasteiger partial charge in [0, 0.05) is 31.6 Å². The first-order chi connectivity index (χ1) is 12.9. The summed E-state index contributed by atoms with van der Waals surface area (Å²) in [4.78, 5) is 54.2. The van der Waals surface area contributed by atoms with Gasteiger partial charge < -0.3 is 28.7 Å². The smallest absolute Gasteiger partial charge is 0.374 e. The van der Waals surface area contributed by atoms with Crippen LogP contribution in [-0.4, -0.2) is 61.9 Å². The summed E-state index contributed by atoms with van der Waals surface area (Å²) in [5, 5.41) is 2.01. The largest absolute Gasteiger partial charge is 0.400 e. The molecule has 28 heavy (non-hydrogen) atoms. The highest BCUT2D eigenvalue weighted by molar-refractivity contribution is 8.09. The lowest BCUT2D eigenvalue weighted by molar-refractivity contribution is -0.0525. The van der Waals surface area contributed by atoms with Gasteiger partial charge in [0.25, 0.3) is 5.56 Å². The quantitative estimate of drug-likeness (QED) is 0.309. The van der Waals surface area contributed by atoms with Crippen molar-refractivity contribution in [2.75, 3.05) is 13.7 Å². The first-order valence-corrected chi connectivity index (χ1v) is 12.5. The number of H-pyrrole nitrogens is 1. The van der Waals surface area contributed by atoms with E-state index in [0.29, 0.717) is 0 Å². The van der Waals surface area contributed by atoms with Crippen LogP contribution in [0.25, 0.3) is 0 Å². The van der Waals surface area contributed by atoms with Gasteiger partial charge in [0.2, 0.25) is 0 Å². The first-order valence-electron chi connectivity index (χ1n) is 8.17. The van der Waals surface area contributed by atoms with Gasteiger partial charge in [0.1, 0.15) is 18.3 Å². The lowest BCUT2D eigenvalue weighted by atomic mass is 10.1. The molecule has 5 N–H and O–H groups in total. The summed E-state index contributed by atoms with van der Waals surface area (Å²) >= 11 is 5.16. The zero-order chi connectivity index (χ0) is 21.3. The van der Waals surface area contributed by atoms with E-state index < -0.39 is 55.7 Å². The van der Waals surface area contributed by atoms with E-state index in [1.807, 2.05) is 5.09 Å². The van der Waals surface area contributed by atoms with Crippen molar-refractivity contribution in [2.45, 2.75) is 44.0 Å². The third-order valence-corrected chi connectivity index (χ3v) is 8.08. The van der Waals surface area contributed by atoms with Crippen LogP contribution in [0, 0.1) is 0 Å². The SMILES string of the molecule is COC1C(OP(O)(=S)C(C)C)[C@@H](CNP(=O)(O)O)O[C@H]1n1ccc(=O)[nH]c1=O. The number of aromatic amines is 1. The van der Waals surface area contributed by atoms with Crippen molar-refractivity contribution in [1.29, 1.82) is 0 Å². The predicted molar refractivity (Wildman–Crippen MR) is 103 cm³/mol. The van der Waals surface area contributed by atoms with E-state index in [-0.39, 0.29) is 6.54 Å². The van der Waals surface area contributed by atoms with Crippen molar-refractivity contribution in [2.24, 2.45) is 0 Å². The lowest BCUT2D eigenvalue weighted by Gasteiger charge is -2.29. The second kappa shape index (κ2) is 8.97. The van der Waals surface area contributed by atoms with E-state index in [1.54, 1.807) is 13.8 Å². The third-order valence-electron chi connectivity index (χ3n) is 4.11. The number of rotatable bonds is 8. The molecule has 12 nitrogen and oxygen atoms in total. The molecule has 1 fully saturated rings. The van der Waals surface area contributed by atoms with Gasteiger partial charge in [-0.25, -0.2) is 14.4 Å². The fraction of sp³-hybridized carbons (Fsp3) is 0.692. The lowest BCUT2D eigenvalue weighted by Crippen LogP contribution is -2.41. The molecule has 0 aromatic carbocycles. The Morgan fingerprint density at radius 1 is 1.36 bits per heavy atom. The van der Waals surface area contributed by atoms with Crippen LogP contribution in [0.5, 0.6) is 0 Å². The summed E-state index contributed by atoms with van der Waals surface area (Å²) in [7, 11) is -3.25. The van der Waals surface area contributed by atoms with Gasteiger partial charge in [-0.3, -0.25) is 14.3 Å². The molecule has 1 saturated heterocycles. The molecule has 2 heterocycles. The van der Waals surface area contributed by atoms with E-state index in [0.717, 1.165) is 10.6 Å². The molecule has 0 saturated carbocycles. The summed E-state index contributed by atoms with van der Waals surface area (Å²) in [6.45, 7) is -0.318. The Labute approximate surface area is 165 Å². The van der Waals surface area contributed by atoms with Gasteiger partial charge in [-0.15, -0.1) is 0 Å². The first kappa shape index (κ1) is 23.6. The fourth-order valence-electron chi connectivity index (χ4n) is 2.61. The van der Waals surface area contributed by atoms with Gasteiger partial charge in [-0.2, -0.15) is 0 Å². The third kappa shape index (κ3) is 5.67. The molecular formula is C13H23N3O9P2S. The highest BCUT2D eigenvalue weighted by atomic mass is 32.5. The van der Waals surface area contributed by atoms with E-state index >= 15 is 0 Å². The molecule has 1 aliphatic heterocycles. The van der Waals surface area contributed by atoms with Crippen LogP contribution in [0.15, 0.2) is 21.9 Å². The van der Waals surface area contributed by atoms with Gasteiger partial charge >= 0.3 is 13.4 Å². The number of hydrogen-bond donors (Lipinski definition) is 5. The molecule has 0 amide bonds. The monoisotopic (exact) mass is 459 g/mol. The Morgan fingerprint density at radius 2 is 2.00 bits per heavy atom. The molecule has 2 rings (SSSR count). The number of nitrogens with zero attached hydrogens (tertiary/aromatic N) is 1. The highest BCUT2D eigenvalue weighted by Gasteiger charge is 2.49. The Balaban J connectivity index is 2.41. The summed E-state index contributed by atoms with van der Waals surface area (Å²) in [5.74, 6) is 0. The van der Waals surface area contributed by atoms with Crippen LogP contribution >= 0.6 is 14.2 Å². The molecule has 0 aliphatic carbocycles. The molecule has 1 aromatic rings. The number of nitrogens with one attached hydrogen (secondary N) is 2. The van der Waals surface area contributed by atoms with Crippen LogP contribution in [-0.2, 0) is 30.4 Å². The molecule has 15 heteroatoms. The van der Waals surface area contributed by atoms with Crippen molar-refractivity contribution in [3.05, 3.63) is 33.1 Å². The fourth-order valence-corrected chi connectivity index (χ4v) is 4.17. The molecule has 0 radical (unpaired) electrons. The maximum Gasteiger partial charge on any atom is 0.400 e. The van der Waals surface area contributed by atoms with Crippen molar-refractivity contribution in [3.8, 4) is 0 Å². The van der Waals surface area contributed by atoms with Crippen molar-refractivity contribution in [1.82, 2.24) is 14.6 Å². The van der Waals surface area contributed by atoms with E-state index in [4.69, 9.17) is 35.6 Å². The van der Waals surface area contributed by atoms with Gasteiger partial charge in [-0.05, 0) is 11.8 Å². The Kier molecular flexibility index (Phi) is 7.54. The average Bonchev–Trinajstić information content (AvgIpc) is 2.88. The number of hydrogen-bond acceptors (Lipinski definition) is 7. The summed E-state index contributed by atoms with van der Waals surface area (Å²) < 4.78 is 29.1. The van der Waals surface area contributed by atoms with Gasteiger partial charge in [0.05, 0.1) is 0 Å². The minimum absolute atomic E-state index is 0.364. The zero-order valence-electron chi connectivity index (χ0n) is 15.3. The minimum atomic E-state index is -4.57. The molecule has 0 spiro atoms. The van der Waals surface area contributed by atoms with Crippen molar-refractivity contribution < 1.29 is 33.2 Å². The minimum Gasteiger partial charge on any atom is -0.374 e.